The van der Waals surface area contributed by atoms with Crippen LogP contribution in [0, 0.1) is 11.6 Å². The van der Waals surface area contributed by atoms with Crippen molar-refractivity contribution in [2.24, 2.45) is 0 Å². The molecule has 0 unspecified atom stereocenters. The lowest BCUT2D eigenvalue weighted by Gasteiger charge is -2.20. The number of hydrogen-bond donors (Lipinski definition) is 1. The Bertz CT molecular complexity index is 819. The zero-order valence-corrected chi connectivity index (χ0v) is 13.4. The normalized spacial score (nSPS) is 12.8. The summed E-state index contributed by atoms with van der Waals surface area (Å²) in [5.74, 6) is -1.37. The number of rotatable bonds is 6. The molecule has 0 saturated heterocycles. The average molecular weight is 337 g/mol. The van der Waals surface area contributed by atoms with Crippen LogP contribution >= 0.6 is 0 Å². The summed E-state index contributed by atoms with van der Waals surface area (Å²) in [4.78, 5) is 0.142. The lowest BCUT2D eigenvalue weighted by atomic mass is 9.98. The van der Waals surface area contributed by atoms with E-state index in [1.165, 1.54) is 24.3 Å². The third kappa shape index (κ3) is 4.24. The fourth-order valence-corrected chi connectivity index (χ4v) is 2.94. The van der Waals surface area contributed by atoms with E-state index in [0.29, 0.717) is 12.1 Å². The quantitative estimate of drug-likeness (QED) is 0.823. The maximum absolute atomic E-state index is 14.1. The van der Waals surface area contributed by atoms with Crippen LogP contribution in [0.4, 0.5) is 8.78 Å². The van der Waals surface area contributed by atoms with E-state index >= 15 is 0 Å². The highest BCUT2D eigenvalue weighted by Crippen LogP contribution is 2.26. The van der Waals surface area contributed by atoms with Gasteiger partial charge in [0.25, 0.3) is 0 Å². The van der Waals surface area contributed by atoms with E-state index in [4.69, 9.17) is 0 Å². The molecule has 1 atom stereocenters. The molecule has 0 aliphatic rings. The van der Waals surface area contributed by atoms with Crippen molar-refractivity contribution in [3.8, 4) is 0 Å². The molecule has 23 heavy (non-hydrogen) atoms. The van der Waals surface area contributed by atoms with E-state index in [0.717, 1.165) is 12.3 Å². The molecule has 2 rings (SSSR count). The van der Waals surface area contributed by atoms with Crippen molar-refractivity contribution in [2.45, 2.75) is 10.9 Å². The van der Waals surface area contributed by atoms with Crippen LogP contribution in [0.1, 0.15) is 17.2 Å². The van der Waals surface area contributed by atoms with Gasteiger partial charge in [0.2, 0.25) is 0 Å². The SMILES string of the molecule is C=CCN[C@H](c1cccc(S(C)(=O)=O)c1)c1ccc(F)cc1F. The molecule has 0 aliphatic heterocycles. The molecule has 2 aromatic carbocycles. The van der Waals surface area contributed by atoms with Gasteiger partial charge in [-0.25, -0.2) is 17.2 Å². The Morgan fingerprint density at radius 3 is 2.57 bits per heavy atom. The van der Waals surface area contributed by atoms with E-state index < -0.39 is 27.5 Å². The molecule has 0 aliphatic carbocycles. The van der Waals surface area contributed by atoms with E-state index in [9.17, 15) is 17.2 Å². The van der Waals surface area contributed by atoms with Crippen molar-refractivity contribution in [3.63, 3.8) is 0 Å². The molecule has 6 heteroatoms. The summed E-state index contributed by atoms with van der Waals surface area (Å²) in [7, 11) is -3.38. The summed E-state index contributed by atoms with van der Waals surface area (Å²) in [5.41, 5.74) is 0.805. The molecule has 0 spiro atoms. The summed E-state index contributed by atoms with van der Waals surface area (Å²) in [6, 6.07) is 8.95. The number of sulfone groups is 1. The summed E-state index contributed by atoms with van der Waals surface area (Å²) in [6.07, 6.45) is 2.71. The first kappa shape index (κ1) is 17.3. The third-order valence-corrected chi connectivity index (χ3v) is 4.47. The first-order valence-electron chi connectivity index (χ1n) is 6.92. The predicted molar refractivity (Wildman–Crippen MR) is 86.0 cm³/mol. The van der Waals surface area contributed by atoms with Crippen LogP contribution in [0.5, 0.6) is 0 Å². The predicted octanol–water partition coefficient (Wildman–Crippen LogP) is 3.23. The van der Waals surface area contributed by atoms with Gasteiger partial charge >= 0.3 is 0 Å². The molecule has 122 valence electrons. The van der Waals surface area contributed by atoms with Crippen LogP contribution in [-0.2, 0) is 9.84 Å². The second kappa shape index (κ2) is 7.02. The highest BCUT2D eigenvalue weighted by Gasteiger charge is 2.19. The van der Waals surface area contributed by atoms with Crippen LogP contribution in [0.25, 0.3) is 0 Å². The Kier molecular flexibility index (Phi) is 5.28. The standard InChI is InChI=1S/C17H17F2NO2S/c1-3-9-20-17(15-8-7-13(18)11-16(15)19)12-5-4-6-14(10-12)23(2,21)22/h3-8,10-11,17,20H,1,9H2,2H3/t17-/m1/s1. The number of halogens is 2. The summed E-state index contributed by atoms with van der Waals surface area (Å²) in [6.45, 7) is 3.98. The van der Waals surface area contributed by atoms with Crippen molar-refractivity contribution < 1.29 is 17.2 Å². The molecule has 0 amide bonds. The van der Waals surface area contributed by atoms with E-state index in [2.05, 4.69) is 11.9 Å². The van der Waals surface area contributed by atoms with Crippen LogP contribution in [0.15, 0.2) is 60.0 Å². The zero-order chi connectivity index (χ0) is 17.0. The van der Waals surface area contributed by atoms with Gasteiger partial charge in [-0.3, -0.25) is 0 Å². The van der Waals surface area contributed by atoms with Crippen molar-refractivity contribution in [1.29, 1.82) is 0 Å². The largest absolute Gasteiger partial charge is 0.303 e. The van der Waals surface area contributed by atoms with Crippen LogP contribution in [0.3, 0.4) is 0 Å². The maximum Gasteiger partial charge on any atom is 0.175 e. The zero-order valence-electron chi connectivity index (χ0n) is 12.6. The van der Waals surface area contributed by atoms with E-state index in [1.54, 1.807) is 18.2 Å². The van der Waals surface area contributed by atoms with Gasteiger partial charge in [-0.1, -0.05) is 24.3 Å². The van der Waals surface area contributed by atoms with Crippen LogP contribution in [-0.4, -0.2) is 21.2 Å². The monoisotopic (exact) mass is 337 g/mol. The second-order valence-corrected chi connectivity index (χ2v) is 7.16. The van der Waals surface area contributed by atoms with Crippen LogP contribution in [0.2, 0.25) is 0 Å². The van der Waals surface area contributed by atoms with Gasteiger partial charge in [0.1, 0.15) is 11.6 Å². The van der Waals surface area contributed by atoms with Crippen LogP contribution < -0.4 is 5.32 Å². The second-order valence-electron chi connectivity index (χ2n) is 5.14. The molecule has 0 radical (unpaired) electrons. The van der Waals surface area contributed by atoms with Crippen molar-refractivity contribution in [2.75, 3.05) is 12.8 Å². The molecule has 0 bridgehead atoms. The van der Waals surface area contributed by atoms with Gasteiger partial charge in [0.15, 0.2) is 9.84 Å². The Hall–Kier alpha value is -2.05. The molecule has 0 aromatic heterocycles. The number of hydrogen-bond acceptors (Lipinski definition) is 3. The van der Waals surface area contributed by atoms with Gasteiger partial charge in [-0.15, -0.1) is 6.58 Å². The highest BCUT2D eigenvalue weighted by molar-refractivity contribution is 7.90. The molecule has 0 saturated carbocycles. The van der Waals surface area contributed by atoms with E-state index in [1.807, 2.05) is 0 Å². The third-order valence-electron chi connectivity index (χ3n) is 3.36. The molecular formula is C17H17F2NO2S. The minimum atomic E-state index is -3.38. The van der Waals surface area contributed by atoms with E-state index in [-0.39, 0.29) is 10.5 Å². The highest BCUT2D eigenvalue weighted by atomic mass is 32.2. The lowest BCUT2D eigenvalue weighted by Crippen LogP contribution is -2.23. The number of benzene rings is 2. The van der Waals surface area contributed by atoms with Gasteiger partial charge in [0, 0.05) is 24.4 Å². The van der Waals surface area contributed by atoms with Gasteiger partial charge in [-0.05, 0) is 23.8 Å². The Morgan fingerprint density at radius 1 is 1.22 bits per heavy atom. The topological polar surface area (TPSA) is 46.2 Å². The number of nitrogens with one attached hydrogen (secondary N) is 1. The summed E-state index contributed by atoms with van der Waals surface area (Å²) < 4.78 is 50.7. The van der Waals surface area contributed by atoms with Crippen molar-refractivity contribution >= 4 is 9.84 Å². The molecule has 2 aromatic rings. The van der Waals surface area contributed by atoms with Crippen molar-refractivity contribution in [1.82, 2.24) is 5.32 Å². The van der Waals surface area contributed by atoms with Gasteiger partial charge in [0.05, 0.1) is 10.9 Å². The maximum atomic E-state index is 14.1. The first-order valence-corrected chi connectivity index (χ1v) is 8.81. The minimum Gasteiger partial charge on any atom is -0.303 e. The fraction of sp³-hybridized carbons (Fsp3) is 0.176. The molecule has 3 nitrogen and oxygen atoms in total. The molecule has 0 fully saturated rings. The van der Waals surface area contributed by atoms with Crippen molar-refractivity contribution in [3.05, 3.63) is 77.9 Å². The van der Waals surface area contributed by atoms with Gasteiger partial charge in [-0.2, -0.15) is 0 Å². The molecular weight excluding hydrogens is 320 g/mol. The fourth-order valence-electron chi connectivity index (χ4n) is 2.27. The lowest BCUT2D eigenvalue weighted by molar-refractivity contribution is 0.545. The minimum absolute atomic E-state index is 0.142. The average Bonchev–Trinajstić information content (AvgIpc) is 2.49. The Balaban J connectivity index is 2.53. The Morgan fingerprint density at radius 2 is 1.96 bits per heavy atom. The first-order chi connectivity index (χ1) is 10.8. The Labute approximate surface area is 134 Å². The summed E-state index contributed by atoms with van der Waals surface area (Å²) >= 11 is 0. The summed E-state index contributed by atoms with van der Waals surface area (Å²) in [5, 5.41) is 3.07. The van der Waals surface area contributed by atoms with Gasteiger partial charge < -0.3 is 5.32 Å². The molecule has 0 heterocycles. The molecule has 1 N–H and O–H groups in total. The smallest absolute Gasteiger partial charge is 0.175 e.